The lowest BCUT2D eigenvalue weighted by atomic mass is 10.1. The monoisotopic (exact) mass is 222 g/mol. The Morgan fingerprint density at radius 3 is 2.62 bits per heavy atom. The molecule has 90 valence electrons. The van der Waals surface area contributed by atoms with Gasteiger partial charge in [-0.3, -0.25) is 0 Å². The zero-order valence-electron chi connectivity index (χ0n) is 10.5. The van der Waals surface area contributed by atoms with Crippen LogP contribution in [0.1, 0.15) is 11.1 Å². The van der Waals surface area contributed by atoms with Crippen LogP contribution in [0.2, 0.25) is 0 Å². The third-order valence-corrected chi connectivity index (χ3v) is 2.48. The van der Waals surface area contributed by atoms with Gasteiger partial charge in [-0.2, -0.15) is 0 Å². The van der Waals surface area contributed by atoms with Gasteiger partial charge < -0.3 is 15.4 Å². The number of nitrogens with one attached hydrogen (secondary N) is 2. The summed E-state index contributed by atoms with van der Waals surface area (Å²) in [5.74, 6) is 0. The number of hydrogen-bond donors (Lipinski definition) is 2. The summed E-state index contributed by atoms with van der Waals surface area (Å²) in [6.07, 6.45) is 0. The number of hydrogen-bond acceptors (Lipinski definition) is 3. The van der Waals surface area contributed by atoms with E-state index in [2.05, 4.69) is 42.7 Å². The quantitative estimate of drug-likeness (QED) is 0.692. The Kier molecular flexibility index (Phi) is 5.90. The van der Waals surface area contributed by atoms with Crippen molar-refractivity contribution in [1.82, 2.24) is 5.32 Å². The van der Waals surface area contributed by atoms with Crippen molar-refractivity contribution in [3.63, 3.8) is 0 Å². The van der Waals surface area contributed by atoms with Crippen molar-refractivity contribution < 1.29 is 4.74 Å². The molecule has 0 aliphatic heterocycles. The Labute approximate surface area is 98.2 Å². The molecular formula is C13H22N2O. The predicted octanol–water partition coefficient (Wildman–Crippen LogP) is 1.95. The van der Waals surface area contributed by atoms with E-state index in [1.54, 1.807) is 7.11 Å². The minimum atomic E-state index is 0.767. The Balaban J connectivity index is 2.21. The van der Waals surface area contributed by atoms with Gasteiger partial charge in [0.05, 0.1) is 6.61 Å². The summed E-state index contributed by atoms with van der Waals surface area (Å²) in [4.78, 5) is 0. The van der Waals surface area contributed by atoms with Gasteiger partial charge in [0.15, 0.2) is 0 Å². The molecule has 0 spiro atoms. The molecule has 0 heterocycles. The van der Waals surface area contributed by atoms with Crippen LogP contribution in [0.3, 0.4) is 0 Å². The molecule has 0 unspecified atom stereocenters. The first-order chi connectivity index (χ1) is 7.74. The number of benzene rings is 1. The van der Waals surface area contributed by atoms with Crippen LogP contribution in [-0.2, 0) is 4.74 Å². The lowest BCUT2D eigenvalue weighted by Crippen LogP contribution is -2.25. The lowest BCUT2D eigenvalue weighted by Gasteiger charge is -2.10. The Morgan fingerprint density at radius 2 is 1.94 bits per heavy atom. The maximum absolute atomic E-state index is 4.96. The van der Waals surface area contributed by atoms with E-state index in [4.69, 9.17) is 4.74 Å². The van der Waals surface area contributed by atoms with E-state index in [9.17, 15) is 0 Å². The molecule has 0 bridgehead atoms. The SMILES string of the molecule is COCCNCCNc1ccc(C)cc1C. The molecular weight excluding hydrogens is 200 g/mol. The predicted molar refractivity (Wildman–Crippen MR) is 69.2 cm³/mol. The minimum absolute atomic E-state index is 0.767. The standard InChI is InChI=1S/C13H22N2O/c1-11-4-5-13(12(2)10-11)15-7-6-14-8-9-16-3/h4-5,10,14-15H,6-9H2,1-3H3. The van der Waals surface area contributed by atoms with E-state index < -0.39 is 0 Å². The van der Waals surface area contributed by atoms with Gasteiger partial charge in [-0.15, -0.1) is 0 Å². The van der Waals surface area contributed by atoms with Crippen molar-refractivity contribution in [2.45, 2.75) is 13.8 Å². The second-order valence-corrected chi connectivity index (χ2v) is 3.99. The van der Waals surface area contributed by atoms with E-state index in [0.29, 0.717) is 0 Å². The normalized spacial score (nSPS) is 10.4. The summed E-state index contributed by atoms with van der Waals surface area (Å²) in [6, 6.07) is 6.47. The van der Waals surface area contributed by atoms with Gasteiger partial charge in [-0.1, -0.05) is 17.7 Å². The Morgan fingerprint density at radius 1 is 1.12 bits per heavy atom. The molecule has 0 aliphatic carbocycles. The summed E-state index contributed by atoms with van der Waals surface area (Å²) < 4.78 is 4.96. The average molecular weight is 222 g/mol. The molecule has 0 aliphatic rings. The van der Waals surface area contributed by atoms with E-state index >= 15 is 0 Å². The highest BCUT2D eigenvalue weighted by Gasteiger charge is 1.96. The summed E-state index contributed by atoms with van der Waals surface area (Å²) in [5.41, 5.74) is 3.83. The van der Waals surface area contributed by atoms with Crippen molar-refractivity contribution in [3.05, 3.63) is 29.3 Å². The van der Waals surface area contributed by atoms with Crippen molar-refractivity contribution in [2.24, 2.45) is 0 Å². The first-order valence-corrected chi connectivity index (χ1v) is 5.75. The molecule has 0 fully saturated rings. The summed E-state index contributed by atoms with van der Waals surface area (Å²) >= 11 is 0. The van der Waals surface area contributed by atoms with E-state index in [-0.39, 0.29) is 0 Å². The van der Waals surface area contributed by atoms with Gasteiger partial charge in [0.25, 0.3) is 0 Å². The maximum Gasteiger partial charge on any atom is 0.0587 e. The first kappa shape index (κ1) is 13.0. The Bertz CT molecular complexity index is 313. The van der Waals surface area contributed by atoms with Crippen LogP contribution in [0.5, 0.6) is 0 Å². The van der Waals surface area contributed by atoms with Crippen LogP contribution in [0.15, 0.2) is 18.2 Å². The van der Waals surface area contributed by atoms with Gasteiger partial charge in [-0.25, -0.2) is 0 Å². The van der Waals surface area contributed by atoms with Gasteiger partial charge >= 0.3 is 0 Å². The van der Waals surface area contributed by atoms with Crippen molar-refractivity contribution >= 4 is 5.69 Å². The molecule has 16 heavy (non-hydrogen) atoms. The molecule has 0 atom stereocenters. The smallest absolute Gasteiger partial charge is 0.0587 e. The van der Waals surface area contributed by atoms with Crippen LogP contribution in [-0.4, -0.2) is 33.4 Å². The van der Waals surface area contributed by atoms with Gasteiger partial charge in [0.2, 0.25) is 0 Å². The van der Waals surface area contributed by atoms with Crippen LogP contribution in [0.4, 0.5) is 5.69 Å². The molecule has 0 amide bonds. The largest absolute Gasteiger partial charge is 0.384 e. The Hall–Kier alpha value is -1.06. The molecule has 2 N–H and O–H groups in total. The highest BCUT2D eigenvalue weighted by Crippen LogP contribution is 2.15. The van der Waals surface area contributed by atoms with Crippen LogP contribution >= 0.6 is 0 Å². The molecule has 0 radical (unpaired) electrons. The maximum atomic E-state index is 4.96. The summed E-state index contributed by atoms with van der Waals surface area (Å²) in [6.45, 7) is 7.82. The minimum Gasteiger partial charge on any atom is -0.384 e. The molecule has 3 nitrogen and oxygen atoms in total. The summed E-state index contributed by atoms with van der Waals surface area (Å²) in [5, 5.41) is 6.71. The number of rotatable bonds is 7. The van der Waals surface area contributed by atoms with Crippen molar-refractivity contribution in [1.29, 1.82) is 0 Å². The topological polar surface area (TPSA) is 33.3 Å². The molecule has 1 rings (SSSR count). The van der Waals surface area contributed by atoms with Crippen molar-refractivity contribution in [2.75, 3.05) is 38.7 Å². The van der Waals surface area contributed by atoms with Gasteiger partial charge in [0, 0.05) is 32.4 Å². The number of anilines is 1. The fraction of sp³-hybridized carbons (Fsp3) is 0.538. The number of aryl methyl sites for hydroxylation is 2. The molecule has 0 saturated heterocycles. The third-order valence-electron chi connectivity index (χ3n) is 2.48. The second kappa shape index (κ2) is 7.25. The highest BCUT2D eigenvalue weighted by atomic mass is 16.5. The average Bonchev–Trinajstić information content (AvgIpc) is 2.26. The van der Waals surface area contributed by atoms with E-state index in [1.807, 2.05) is 0 Å². The first-order valence-electron chi connectivity index (χ1n) is 5.75. The summed E-state index contributed by atoms with van der Waals surface area (Å²) in [7, 11) is 1.72. The van der Waals surface area contributed by atoms with E-state index in [0.717, 1.165) is 26.2 Å². The molecule has 1 aromatic carbocycles. The second-order valence-electron chi connectivity index (χ2n) is 3.99. The fourth-order valence-corrected chi connectivity index (χ4v) is 1.60. The molecule has 0 saturated carbocycles. The van der Waals surface area contributed by atoms with Gasteiger partial charge in [0.1, 0.15) is 0 Å². The molecule has 0 aromatic heterocycles. The molecule has 1 aromatic rings. The molecule has 3 heteroatoms. The highest BCUT2D eigenvalue weighted by molar-refractivity contribution is 5.51. The number of ether oxygens (including phenoxy) is 1. The number of methoxy groups -OCH3 is 1. The van der Waals surface area contributed by atoms with Crippen LogP contribution in [0.25, 0.3) is 0 Å². The fourth-order valence-electron chi connectivity index (χ4n) is 1.60. The van der Waals surface area contributed by atoms with Gasteiger partial charge in [-0.05, 0) is 25.5 Å². The zero-order chi connectivity index (χ0) is 11.8. The van der Waals surface area contributed by atoms with Crippen LogP contribution in [0, 0.1) is 13.8 Å². The third kappa shape index (κ3) is 4.64. The van der Waals surface area contributed by atoms with Crippen molar-refractivity contribution in [3.8, 4) is 0 Å². The lowest BCUT2D eigenvalue weighted by molar-refractivity contribution is 0.200. The van der Waals surface area contributed by atoms with Crippen LogP contribution < -0.4 is 10.6 Å². The van der Waals surface area contributed by atoms with E-state index in [1.165, 1.54) is 16.8 Å². The zero-order valence-corrected chi connectivity index (χ0v) is 10.5.